The van der Waals surface area contributed by atoms with E-state index in [-0.39, 0.29) is 0 Å². The van der Waals surface area contributed by atoms with Gasteiger partial charge in [0.2, 0.25) is 0 Å². The van der Waals surface area contributed by atoms with E-state index in [0.29, 0.717) is 0 Å². The van der Waals surface area contributed by atoms with Crippen molar-refractivity contribution in [1.29, 1.82) is 0 Å². The van der Waals surface area contributed by atoms with E-state index >= 15 is 0 Å². The summed E-state index contributed by atoms with van der Waals surface area (Å²) in [4.78, 5) is 0. The van der Waals surface area contributed by atoms with Crippen LogP contribution in [-0.2, 0) is 0 Å². The Labute approximate surface area is 122 Å². The van der Waals surface area contributed by atoms with Crippen molar-refractivity contribution in [1.82, 2.24) is 0 Å². The zero-order chi connectivity index (χ0) is 13.1. The topological polar surface area (TPSA) is 0 Å². The average molecular weight is 348 g/mol. The molecule has 0 rings (SSSR count). The van der Waals surface area contributed by atoms with Crippen molar-refractivity contribution < 1.29 is 0 Å². The lowest BCUT2D eigenvalue weighted by Crippen LogP contribution is -1.94. The second-order valence-electron chi connectivity index (χ2n) is 4.65. The largest absolute Gasteiger partial charge is 0.0810 e. The van der Waals surface area contributed by atoms with Gasteiger partial charge in [-0.2, -0.15) is 0 Å². The van der Waals surface area contributed by atoms with Crippen molar-refractivity contribution in [2.24, 2.45) is 0 Å². The average Bonchev–Trinajstić information content (AvgIpc) is 2.32. The smallest absolute Gasteiger partial charge is 0.00595 e. The van der Waals surface area contributed by atoms with Crippen LogP contribution in [0.1, 0.15) is 79.1 Å². The van der Waals surface area contributed by atoms with E-state index in [4.69, 9.17) is 0 Å². The predicted molar refractivity (Wildman–Crippen MR) is 88.8 cm³/mol. The van der Waals surface area contributed by atoms with Crippen molar-refractivity contribution >= 4 is 22.6 Å². The fourth-order valence-electron chi connectivity index (χ4n) is 2.05. The number of unbranched alkanes of at least 4 members (excludes halogenated alkanes) is 1. The summed E-state index contributed by atoms with van der Waals surface area (Å²) < 4.78 is 1.60. The van der Waals surface area contributed by atoms with Gasteiger partial charge in [0.25, 0.3) is 0 Å². The van der Waals surface area contributed by atoms with Crippen molar-refractivity contribution in [2.45, 2.75) is 79.1 Å². The van der Waals surface area contributed by atoms with E-state index in [2.05, 4.69) is 56.4 Å². The maximum Gasteiger partial charge on any atom is -0.00595 e. The van der Waals surface area contributed by atoms with E-state index in [1.54, 1.807) is 14.7 Å². The number of hydrogen-bond donors (Lipinski definition) is 0. The monoisotopic (exact) mass is 348 g/mol. The lowest BCUT2D eigenvalue weighted by atomic mass is 9.95. The summed E-state index contributed by atoms with van der Waals surface area (Å²) in [5, 5.41) is 0. The molecule has 0 saturated carbocycles. The van der Waals surface area contributed by atoms with Gasteiger partial charge in [0.05, 0.1) is 0 Å². The van der Waals surface area contributed by atoms with Gasteiger partial charge in [-0.3, -0.25) is 0 Å². The van der Waals surface area contributed by atoms with Crippen molar-refractivity contribution in [3.63, 3.8) is 0 Å². The molecule has 0 unspecified atom stereocenters. The fourth-order valence-corrected chi connectivity index (χ4v) is 3.21. The third kappa shape index (κ3) is 7.28. The van der Waals surface area contributed by atoms with Gasteiger partial charge in [-0.25, -0.2) is 0 Å². The van der Waals surface area contributed by atoms with Gasteiger partial charge in [-0.05, 0) is 63.0 Å². The zero-order valence-corrected chi connectivity index (χ0v) is 14.3. The molecule has 0 aromatic rings. The van der Waals surface area contributed by atoms with Crippen LogP contribution in [0.5, 0.6) is 0 Å². The van der Waals surface area contributed by atoms with Gasteiger partial charge >= 0.3 is 0 Å². The first-order valence-corrected chi connectivity index (χ1v) is 8.35. The fraction of sp³-hybridized carbons (Fsp3) is 0.750. The van der Waals surface area contributed by atoms with E-state index < -0.39 is 0 Å². The Hall–Kier alpha value is 0.210. The number of halogens is 1. The Kier molecular flexibility index (Phi) is 11.4. The van der Waals surface area contributed by atoms with Gasteiger partial charge in [0.1, 0.15) is 0 Å². The van der Waals surface area contributed by atoms with Gasteiger partial charge < -0.3 is 0 Å². The molecule has 0 fully saturated rings. The van der Waals surface area contributed by atoms with E-state index in [1.165, 1.54) is 51.4 Å². The van der Waals surface area contributed by atoms with Gasteiger partial charge in [0.15, 0.2) is 0 Å². The highest BCUT2D eigenvalue weighted by Gasteiger charge is 2.08. The van der Waals surface area contributed by atoms with Crippen LogP contribution in [0, 0.1) is 0 Å². The predicted octanol–water partition coefficient (Wildman–Crippen LogP) is 6.80. The molecule has 0 aliphatic carbocycles. The Morgan fingerprint density at radius 1 is 0.824 bits per heavy atom. The van der Waals surface area contributed by atoms with Gasteiger partial charge in [-0.1, -0.05) is 59.5 Å². The van der Waals surface area contributed by atoms with Crippen LogP contribution < -0.4 is 0 Å². The lowest BCUT2D eigenvalue weighted by Gasteiger charge is -2.14. The molecular formula is C16H29I. The first-order valence-electron chi connectivity index (χ1n) is 7.27. The minimum atomic E-state index is 1.23. The minimum absolute atomic E-state index is 1.23. The van der Waals surface area contributed by atoms with E-state index in [1.807, 2.05) is 0 Å². The molecule has 17 heavy (non-hydrogen) atoms. The summed E-state index contributed by atoms with van der Waals surface area (Å²) in [6.07, 6.45) is 12.5. The number of allylic oxidation sites excluding steroid dienone is 4. The minimum Gasteiger partial charge on any atom is -0.0810 e. The Morgan fingerprint density at radius 2 is 1.41 bits per heavy atom. The Bertz CT molecular complexity index is 248. The lowest BCUT2D eigenvalue weighted by molar-refractivity contribution is 0.823. The van der Waals surface area contributed by atoms with Crippen LogP contribution in [0.2, 0.25) is 0 Å². The SMILES string of the molecule is CCC/C=C(CCC)/C(CCC)=C(\I)CCC. The second-order valence-corrected chi connectivity index (χ2v) is 5.95. The summed E-state index contributed by atoms with van der Waals surface area (Å²) in [6, 6.07) is 0. The van der Waals surface area contributed by atoms with Crippen molar-refractivity contribution in [2.75, 3.05) is 0 Å². The summed E-state index contributed by atoms with van der Waals surface area (Å²) in [5.41, 5.74) is 3.29. The molecule has 0 spiro atoms. The molecule has 0 N–H and O–H groups in total. The van der Waals surface area contributed by atoms with Crippen LogP contribution in [0.25, 0.3) is 0 Å². The molecule has 0 bridgehead atoms. The van der Waals surface area contributed by atoms with Crippen LogP contribution in [0.3, 0.4) is 0 Å². The molecule has 100 valence electrons. The van der Waals surface area contributed by atoms with Crippen LogP contribution in [0.15, 0.2) is 20.8 Å². The molecule has 0 saturated heterocycles. The molecule has 0 heterocycles. The highest BCUT2D eigenvalue weighted by molar-refractivity contribution is 14.1. The summed E-state index contributed by atoms with van der Waals surface area (Å²) in [5.74, 6) is 0. The van der Waals surface area contributed by atoms with Crippen molar-refractivity contribution in [3.8, 4) is 0 Å². The highest BCUT2D eigenvalue weighted by Crippen LogP contribution is 2.30. The van der Waals surface area contributed by atoms with Gasteiger partial charge in [-0.15, -0.1) is 0 Å². The van der Waals surface area contributed by atoms with Gasteiger partial charge in [0, 0.05) is 0 Å². The Balaban J connectivity index is 5.00. The molecule has 0 aromatic carbocycles. The third-order valence-corrected chi connectivity index (χ3v) is 4.07. The standard InChI is InChI=1S/C16H29I/c1-5-9-13-14(10-6-2)15(11-7-3)16(17)12-8-4/h13H,5-12H2,1-4H3/b14-13+,16-15-. The molecule has 0 aliphatic heterocycles. The van der Waals surface area contributed by atoms with Crippen LogP contribution in [0.4, 0.5) is 0 Å². The molecule has 0 radical (unpaired) electrons. The summed E-state index contributed by atoms with van der Waals surface area (Å²) in [6.45, 7) is 9.12. The third-order valence-electron chi connectivity index (χ3n) is 2.88. The number of rotatable bonds is 9. The highest BCUT2D eigenvalue weighted by atomic mass is 127. The first kappa shape index (κ1) is 17.2. The molecule has 1 heteroatoms. The second kappa shape index (κ2) is 11.3. The van der Waals surface area contributed by atoms with E-state index in [9.17, 15) is 0 Å². The molecule has 0 nitrogen and oxygen atoms in total. The van der Waals surface area contributed by atoms with E-state index in [0.717, 1.165) is 0 Å². The summed E-state index contributed by atoms with van der Waals surface area (Å²) >= 11 is 2.57. The molecule has 0 aliphatic rings. The van der Waals surface area contributed by atoms with Crippen molar-refractivity contribution in [3.05, 3.63) is 20.8 Å². The Morgan fingerprint density at radius 3 is 1.88 bits per heavy atom. The molecule has 0 aromatic heterocycles. The molecule has 0 atom stereocenters. The van der Waals surface area contributed by atoms with Crippen LogP contribution in [-0.4, -0.2) is 0 Å². The maximum absolute atomic E-state index is 2.57. The first-order chi connectivity index (χ1) is 8.21. The molecular weight excluding hydrogens is 319 g/mol. The maximum atomic E-state index is 2.57. The zero-order valence-electron chi connectivity index (χ0n) is 12.1. The van der Waals surface area contributed by atoms with Crippen LogP contribution >= 0.6 is 22.6 Å². The summed E-state index contributed by atoms with van der Waals surface area (Å²) in [7, 11) is 0. The molecule has 0 amide bonds. The number of hydrogen-bond acceptors (Lipinski definition) is 0. The normalized spacial score (nSPS) is 13.8. The quantitative estimate of drug-likeness (QED) is 0.317.